The lowest BCUT2D eigenvalue weighted by Gasteiger charge is -2.22. The number of hydrogen-bond acceptors (Lipinski definition) is 2. The van der Waals surface area contributed by atoms with Crippen LogP contribution >= 0.6 is 0 Å². The monoisotopic (exact) mass is 192 g/mol. The molecule has 14 heavy (non-hydrogen) atoms. The average Bonchev–Trinajstić information content (AvgIpc) is 2.30. The van der Waals surface area contributed by atoms with E-state index >= 15 is 0 Å². The number of ether oxygens (including phenoxy) is 2. The normalized spacial score (nSPS) is 21.9. The van der Waals surface area contributed by atoms with Crippen LogP contribution in [0.3, 0.4) is 0 Å². The van der Waals surface area contributed by atoms with Crippen LogP contribution in [0.5, 0.6) is 5.75 Å². The van der Waals surface area contributed by atoms with Crippen molar-refractivity contribution in [3.05, 3.63) is 29.8 Å². The van der Waals surface area contributed by atoms with Gasteiger partial charge in [0.2, 0.25) is 0 Å². The molecule has 0 aliphatic carbocycles. The molecular formula is C12H16O2. The highest BCUT2D eigenvalue weighted by atomic mass is 16.5. The number of hydrogen-bond donors (Lipinski definition) is 0. The topological polar surface area (TPSA) is 18.5 Å². The van der Waals surface area contributed by atoms with Crippen LogP contribution in [-0.2, 0) is 4.74 Å². The predicted octanol–water partition coefficient (Wildman–Crippen LogP) is 2.94. The molecule has 1 saturated heterocycles. The first-order chi connectivity index (χ1) is 6.90. The van der Waals surface area contributed by atoms with Crippen molar-refractivity contribution >= 4 is 0 Å². The Hall–Kier alpha value is -1.02. The minimum absolute atomic E-state index is 0.301. The fraction of sp³-hybridized carbons (Fsp3) is 0.500. The van der Waals surface area contributed by atoms with Gasteiger partial charge in [0, 0.05) is 6.61 Å². The maximum Gasteiger partial charge on any atom is 0.118 e. The van der Waals surface area contributed by atoms with E-state index in [1.807, 2.05) is 12.1 Å². The standard InChI is InChI=1S/C12H16O2/c1-13-11-7-5-10(6-8-11)12-4-2-3-9-14-12/h5-8,12H,2-4,9H2,1H3/t12-/m0/s1. The molecule has 2 heteroatoms. The van der Waals surface area contributed by atoms with E-state index in [9.17, 15) is 0 Å². The predicted molar refractivity (Wildman–Crippen MR) is 55.5 cm³/mol. The summed E-state index contributed by atoms with van der Waals surface area (Å²) in [4.78, 5) is 0. The van der Waals surface area contributed by atoms with Gasteiger partial charge in [0.15, 0.2) is 0 Å². The highest BCUT2D eigenvalue weighted by molar-refractivity contribution is 5.28. The zero-order valence-electron chi connectivity index (χ0n) is 8.53. The summed E-state index contributed by atoms with van der Waals surface area (Å²) >= 11 is 0. The Bertz CT molecular complexity index is 273. The third-order valence-corrected chi connectivity index (χ3v) is 2.67. The molecule has 0 saturated carbocycles. The molecule has 1 aliphatic heterocycles. The van der Waals surface area contributed by atoms with Gasteiger partial charge >= 0.3 is 0 Å². The Labute approximate surface area is 84.8 Å². The summed E-state index contributed by atoms with van der Waals surface area (Å²) in [6.45, 7) is 0.899. The SMILES string of the molecule is COc1ccc([C@@H]2CCCCO2)cc1. The fourth-order valence-corrected chi connectivity index (χ4v) is 1.82. The molecule has 0 bridgehead atoms. The van der Waals surface area contributed by atoms with Crippen molar-refractivity contribution in [2.45, 2.75) is 25.4 Å². The molecule has 0 amide bonds. The van der Waals surface area contributed by atoms with Crippen LogP contribution in [-0.4, -0.2) is 13.7 Å². The highest BCUT2D eigenvalue weighted by Crippen LogP contribution is 2.28. The van der Waals surface area contributed by atoms with Crippen molar-refractivity contribution < 1.29 is 9.47 Å². The maximum absolute atomic E-state index is 5.70. The molecule has 1 aromatic rings. The summed E-state index contributed by atoms with van der Waals surface area (Å²) < 4.78 is 10.8. The number of benzene rings is 1. The van der Waals surface area contributed by atoms with Crippen LogP contribution < -0.4 is 4.74 Å². The lowest BCUT2D eigenvalue weighted by atomic mass is 10.0. The summed E-state index contributed by atoms with van der Waals surface area (Å²) in [5, 5.41) is 0. The molecule has 76 valence electrons. The minimum atomic E-state index is 0.301. The summed E-state index contributed by atoms with van der Waals surface area (Å²) in [5.74, 6) is 0.907. The van der Waals surface area contributed by atoms with Crippen LogP contribution in [0, 0.1) is 0 Å². The van der Waals surface area contributed by atoms with Gasteiger partial charge in [-0.25, -0.2) is 0 Å². The van der Waals surface area contributed by atoms with Gasteiger partial charge in [0.1, 0.15) is 5.75 Å². The van der Waals surface area contributed by atoms with Gasteiger partial charge in [-0.15, -0.1) is 0 Å². The number of rotatable bonds is 2. The highest BCUT2D eigenvalue weighted by Gasteiger charge is 2.15. The van der Waals surface area contributed by atoms with Crippen LogP contribution in [0.15, 0.2) is 24.3 Å². The molecule has 0 unspecified atom stereocenters. The van der Waals surface area contributed by atoms with E-state index in [1.165, 1.54) is 18.4 Å². The van der Waals surface area contributed by atoms with E-state index in [0.29, 0.717) is 6.10 Å². The summed E-state index contributed by atoms with van der Waals surface area (Å²) in [6.07, 6.45) is 3.92. The van der Waals surface area contributed by atoms with Gasteiger partial charge < -0.3 is 9.47 Å². The first kappa shape index (κ1) is 9.53. The number of methoxy groups -OCH3 is 1. The minimum Gasteiger partial charge on any atom is -0.497 e. The zero-order valence-corrected chi connectivity index (χ0v) is 8.53. The third kappa shape index (κ3) is 2.07. The van der Waals surface area contributed by atoms with Crippen molar-refractivity contribution in [3.8, 4) is 5.75 Å². The Balaban J connectivity index is 2.07. The van der Waals surface area contributed by atoms with Crippen molar-refractivity contribution in [1.82, 2.24) is 0 Å². The summed E-state index contributed by atoms with van der Waals surface area (Å²) in [7, 11) is 1.69. The second-order valence-electron chi connectivity index (χ2n) is 3.63. The first-order valence-corrected chi connectivity index (χ1v) is 5.16. The van der Waals surface area contributed by atoms with Gasteiger partial charge in [0.25, 0.3) is 0 Å². The molecule has 2 rings (SSSR count). The lowest BCUT2D eigenvalue weighted by molar-refractivity contribution is 0.0149. The van der Waals surface area contributed by atoms with Crippen LogP contribution in [0.2, 0.25) is 0 Å². The molecular weight excluding hydrogens is 176 g/mol. The van der Waals surface area contributed by atoms with Crippen LogP contribution in [0.25, 0.3) is 0 Å². The van der Waals surface area contributed by atoms with Crippen molar-refractivity contribution in [3.63, 3.8) is 0 Å². The molecule has 0 spiro atoms. The largest absolute Gasteiger partial charge is 0.497 e. The molecule has 0 N–H and O–H groups in total. The molecule has 1 heterocycles. The quantitative estimate of drug-likeness (QED) is 0.717. The molecule has 1 fully saturated rings. The van der Waals surface area contributed by atoms with Crippen molar-refractivity contribution in [2.24, 2.45) is 0 Å². The molecule has 2 nitrogen and oxygen atoms in total. The van der Waals surface area contributed by atoms with E-state index in [1.54, 1.807) is 7.11 Å². The fourth-order valence-electron chi connectivity index (χ4n) is 1.82. The average molecular weight is 192 g/mol. The second-order valence-corrected chi connectivity index (χ2v) is 3.63. The van der Waals surface area contributed by atoms with Crippen LogP contribution in [0.1, 0.15) is 30.9 Å². The second kappa shape index (κ2) is 4.47. The Morgan fingerprint density at radius 3 is 2.57 bits per heavy atom. The molecule has 1 aliphatic rings. The van der Waals surface area contributed by atoms with Crippen LogP contribution in [0.4, 0.5) is 0 Å². The van der Waals surface area contributed by atoms with Gasteiger partial charge in [-0.3, -0.25) is 0 Å². The third-order valence-electron chi connectivity index (χ3n) is 2.67. The molecule has 1 atom stereocenters. The van der Waals surface area contributed by atoms with E-state index in [4.69, 9.17) is 9.47 Å². The van der Waals surface area contributed by atoms with E-state index < -0.39 is 0 Å². The Kier molecular flexibility index (Phi) is 3.04. The molecule has 1 aromatic carbocycles. The smallest absolute Gasteiger partial charge is 0.118 e. The Morgan fingerprint density at radius 1 is 1.21 bits per heavy atom. The van der Waals surface area contributed by atoms with Gasteiger partial charge in [0.05, 0.1) is 13.2 Å². The van der Waals surface area contributed by atoms with E-state index in [-0.39, 0.29) is 0 Å². The van der Waals surface area contributed by atoms with Crippen molar-refractivity contribution in [1.29, 1.82) is 0 Å². The van der Waals surface area contributed by atoms with E-state index in [0.717, 1.165) is 18.8 Å². The van der Waals surface area contributed by atoms with Crippen molar-refractivity contribution in [2.75, 3.05) is 13.7 Å². The van der Waals surface area contributed by atoms with Gasteiger partial charge in [-0.2, -0.15) is 0 Å². The molecule has 0 radical (unpaired) electrons. The summed E-state index contributed by atoms with van der Waals surface area (Å²) in [5.41, 5.74) is 1.27. The van der Waals surface area contributed by atoms with Gasteiger partial charge in [-0.1, -0.05) is 12.1 Å². The first-order valence-electron chi connectivity index (χ1n) is 5.16. The Morgan fingerprint density at radius 2 is 2.00 bits per heavy atom. The van der Waals surface area contributed by atoms with Gasteiger partial charge in [-0.05, 0) is 37.0 Å². The lowest BCUT2D eigenvalue weighted by Crippen LogP contribution is -2.11. The summed E-state index contributed by atoms with van der Waals surface area (Å²) in [6, 6.07) is 8.17. The maximum atomic E-state index is 5.70. The van der Waals surface area contributed by atoms with E-state index in [2.05, 4.69) is 12.1 Å². The molecule has 0 aromatic heterocycles. The zero-order chi connectivity index (χ0) is 9.80.